The van der Waals surface area contributed by atoms with E-state index in [1.807, 2.05) is 0 Å². The highest BCUT2D eigenvalue weighted by atomic mass is 32.2. The SMILES string of the molecule is CN(C)S(=O)(=O)CCNC(=O)Nc1ccc(F)nc1. The van der Waals surface area contributed by atoms with Gasteiger partial charge in [0.15, 0.2) is 0 Å². The van der Waals surface area contributed by atoms with E-state index in [1.165, 1.54) is 20.2 Å². The number of nitrogens with zero attached hydrogens (tertiary/aromatic N) is 2. The fourth-order valence-electron chi connectivity index (χ4n) is 1.10. The first-order valence-electron chi connectivity index (χ1n) is 5.38. The van der Waals surface area contributed by atoms with Crippen molar-refractivity contribution in [3.8, 4) is 0 Å². The Kier molecular flexibility index (Phi) is 5.19. The van der Waals surface area contributed by atoms with Crippen molar-refractivity contribution in [1.82, 2.24) is 14.6 Å². The molecule has 1 rings (SSSR count). The van der Waals surface area contributed by atoms with Crippen LogP contribution in [-0.4, -0.2) is 50.1 Å². The van der Waals surface area contributed by atoms with E-state index in [4.69, 9.17) is 0 Å². The molecule has 9 heteroatoms. The molecule has 0 saturated carbocycles. The van der Waals surface area contributed by atoms with Crippen LogP contribution in [0.2, 0.25) is 0 Å². The molecule has 0 aromatic carbocycles. The van der Waals surface area contributed by atoms with Crippen LogP contribution in [0.5, 0.6) is 0 Å². The number of urea groups is 1. The van der Waals surface area contributed by atoms with Crippen LogP contribution in [0.1, 0.15) is 0 Å². The number of rotatable bonds is 5. The average Bonchev–Trinajstić information content (AvgIpc) is 2.31. The van der Waals surface area contributed by atoms with Crippen LogP contribution in [0, 0.1) is 5.95 Å². The maximum absolute atomic E-state index is 12.5. The summed E-state index contributed by atoms with van der Waals surface area (Å²) < 4.78 is 36.4. The van der Waals surface area contributed by atoms with Crippen molar-refractivity contribution in [3.63, 3.8) is 0 Å². The maximum atomic E-state index is 12.5. The predicted octanol–water partition coefficient (Wildman–Crippen LogP) is 0.234. The quantitative estimate of drug-likeness (QED) is 0.760. The monoisotopic (exact) mass is 290 g/mol. The Morgan fingerprint density at radius 2 is 2.11 bits per heavy atom. The lowest BCUT2D eigenvalue weighted by molar-refractivity contribution is 0.252. The Morgan fingerprint density at radius 3 is 2.63 bits per heavy atom. The van der Waals surface area contributed by atoms with Crippen LogP contribution < -0.4 is 10.6 Å². The Morgan fingerprint density at radius 1 is 1.42 bits per heavy atom. The third-order valence-corrected chi connectivity index (χ3v) is 4.02. The number of hydrogen-bond donors (Lipinski definition) is 2. The van der Waals surface area contributed by atoms with Gasteiger partial charge in [-0.2, -0.15) is 4.39 Å². The topological polar surface area (TPSA) is 91.4 Å². The summed E-state index contributed by atoms with van der Waals surface area (Å²) >= 11 is 0. The number of pyridine rings is 1. The van der Waals surface area contributed by atoms with Crippen molar-refractivity contribution in [1.29, 1.82) is 0 Å². The summed E-state index contributed by atoms with van der Waals surface area (Å²) in [5.41, 5.74) is 0.314. The molecule has 0 radical (unpaired) electrons. The van der Waals surface area contributed by atoms with Crippen molar-refractivity contribution in [2.45, 2.75) is 0 Å². The van der Waals surface area contributed by atoms with E-state index < -0.39 is 22.0 Å². The number of carbonyl (C=O) groups excluding carboxylic acids is 1. The molecule has 0 unspecified atom stereocenters. The smallest absolute Gasteiger partial charge is 0.319 e. The van der Waals surface area contributed by atoms with Gasteiger partial charge in [-0.1, -0.05) is 0 Å². The van der Waals surface area contributed by atoms with Crippen molar-refractivity contribution < 1.29 is 17.6 Å². The Balaban J connectivity index is 2.39. The van der Waals surface area contributed by atoms with Crippen LogP contribution >= 0.6 is 0 Å². The van der Waals surface area contributed by atoms with Gasteiger partial charge in [-0.3, -0.25) is 0 Å². The molecule has 0 aliphatic heterocycles. The zero-order valence-corrected chi connectivity index (χ0v) is 11.4. The largest absolute Gasteiger partial charge is 0.337 e. The van der Waals surface area contributed by atoms with Crippen LogP contribution in [0.15, 0.2) is 18.3 Å². The number of aromatic nitrogens is 1. The molecule has 0 atom stereocenters. The van der Waals surface area contributed by atoms with Crippen LogP contribution in [-0.2, 0) is 10.0 Å². The highest BCUT2D eigenvalue weighted by molar-refractivity contribution is 7.89. The van der Waals surface area contributed by atoms with Gasteiger partial charge in [0, 0.05) is 20.6 Å². The summed E-state index contributed by atoms with van der Waals surface area (Å²) in [6.45, 7) is -0.0268. The van der Waals surface area contributed by atoms with E-state index >= 15 is 0 Å². The first kappa shape index (κ1) is 15.3. The molecule has 19 heavy (non-hydrogen) atoms. The van der Waals surface area contributed by atoms with Crippen molar-refractivity contribution in [2.24, 2.45) is 0 Å². The standard InChI is InChI=1S/C10H15FN4O3S/c1-15(2)19(17,18)6-5-12-10(16)14-8-3-4-9(11)13-7-8/h3-4,7H,5-6H2,1-2H3,(H2,12,14,16). The van der Waals surface area contributed by atoms with Gasteiger partial charge in [-0.05, 0) is 12.1 Å². The molecule has 0 aliphatic rings. The third kappa shape index (κ3) is 5.18. The molecule has 0 aliphatic carbocycles. The number of amides is 2. The fraction of sp³-hybridized carbons (Fsp3) is 0.400. The Labute approximate surface area is 110 Å². The Bertz CT molecular complexity index is 530. The number of halogens is 1. The summed E-state index contributed by atoms with van der Waals surface area (Å²) in [6.07, 6.45) is 1.16. The van der Waals surface area contributed by atoms with Crippen molar-refractivity contribution in [2.75, 3.05) is 31.7 Å². The zero-order valence-electron chi connectivity index (χ0n) is 10.6. The maximum Gasteiger partial charge on any atom is 0.319 e. The predicted molar refractivity (Wildman–Crippen MR) is 68.7 cm³/mol. The molecule has 2 amide bonds. The number of sulfonamides is 1. The molecule has 1 heterocycles. The minimum atomic E-state index is -3.34. The fourth-order valence-corrected chi connectivity index (χ4v) is 1.83. The number of carbonyl (C=O) groups is 1. The molecule has 106 valence electrons. The molecule has 0 fully saturated rings. The van der Waals surface area contributed by atoms with E-state index in [0.29, 0.717) is 5.69 Å². The van der Waals surface area contributed by atoms with Gasteiger partial charge in [0.1, 0.15) is 0 Å². The normalized spacial score (nSPS) is 11.4. The summed E-state index contributed by atoms with van der Waals surface area (Å²) in [6, 6.07) is 1.87. The summed E-state index contributed by atoms with van der Waals surface area (Å²) in [7, 11) is -0.511. The first-order valence-corrected chi connectivity index (χ1v) is 6.99. The third-order valence-electron chi connectivity index (χ3n) is 2.19. The van der Waals surface area contributed by atoms with Crippen molar-refractivity contribution in [3.05, 3.63) is 24.3 Å². The van der Waals surface area contributed by atoms with E-state index in [2.05, 4.69) is 15.6 Å². The molecule has 0 bridgehead atoms. The lowest BCUT2D eigenvalue weighted by Crippen LogP contribution is -2.36. The lowest BCUT2D eigenvalue weighted by Gasteiger charge is -2.12. The van der Waals surface area contributed by atoms with Gasteiger partial charge in [-0.15, -0.1) is 0 Å². The molecule has 1 aromatic rings. The summed E-state index contributed by atoms with van der Waals surface area (Å²) in [5, 5.41) is 4.78. The van der Waals surface area contributed by atoms with E-state index in [9.17, 15) is 17.6 Å². The van der Waals surface area contributed by atoms with Gasteiger partial charge in [0.2, 0.25) is 16.0 Å². The second-order valence-electron chi connectivity index (χ2n) is 3.85. The van der Waals surface area contributed by atoms with Crippen LogP contribution in [0.3, 0.4) is 0 Å². The summed E-state index contributed by atoms with van der Waals surface area (Å²) in [5.74, 6) is -0.849. The van der Waals surface area contributed by atoms with E-state index in [0.717, 1.165) is 16.6 Å². The molecular weight excluding hydrogens is 275 g/mol. The summed E-state index contributed by atoms with van der Waals surface area (Å²) in [4.78, 5) is 14.8. The van der Waals surface area contributed by atoms with E-state index in [1.54, 1.807) is 0 Å². The molecule has 0 saturated heterocycles. The minimum Gasteiger partial charge on any atom is -0.337 e. The number of hydrogen-bond acceptors (Lipinski definition) is 4. The molecule has 0 spiro atoms. The lowest BCUT2D eigenvalue weighted by atomic mass is 10.4. The first-order chi connectivity index (χ1) is 8.81. The zero-order chi connectivity index (χ0) is 14.5. The Hall–Kier alpha value is -1.74. The average molecular weight is 290 g/mol. The van der Waals surface area contributed by atoms with Crippen LogP contribution in [0.25, 0.3) is 0 Å². The second-order valence-corrected chi connectivity index (χ2v) is 6.15. The van der Waals surface area contributed by atoms with Crippen LogP contribution in [0.4, 0.5) is 14.9 Å². The molecular formula is C10H15FN4O3S. The van der Waals surface area contributed by atoms with Crippen molar-refractivity contribution >= 4 is 21.7 Å². The van der Waals surface area contributed by atoms with Gasteiger partial charge < -0.3 is 10.6 Å². The highest BCUT2D eigenvalue weighted by Crippen LogP contribution is 2.04. The second kappa shape index (κ2) is 6.43. The minimum absolute atomic E-state index is 0.0268. The molecule has 2 N–H and O–H groups in total. The molecule has 1 aromatic heterocycles. The number of nitrogens with one attached hydrogen (secondary N) is 2. The van der Waals surface area contributed by atoms with Gasteiger partial charge in [0.25, 0.3) is 0 Å². The van der Waals surface area contributed by atoms with Gasteiger partial charge in [-0.25, -0.2) is 22.5 Å². The highest BCUT2D eigenvalue weighted by Gasteiger charge is 2.13. The van der Waals surface area contributed by atoms with Gasteiger partial charge >= 0.3 is 6.03 Å². The van der Waals surface area contributed by atoms with E-state index in [-0.39, 0.29) is 12.3 Å². The van der Waals surface area contributed by atoms with Gasteiger partial charge in [0.05, 0.1) is 17.6 Å². The number of anilines is 1. The molecule has 7 nitrogen and oxygen atoms in total.